The number of benzene rings is 2. The largest absolute Gasteiger partial charge is 0.497 e. The first-order chi connectivity index (χ1) is 15.0. The smallest absolute Gasteiger partial charge is 0.325 e. The fraction of sp³-hybridized carbons (Fsp3) is 0.273. The third kappa shape index (κ3) is 3.44. The van der Waals surface area contributed by atoms with E-state index in [4.69, 9.17) is 9.47 Å². The van der Waals surface area contributed by atoms with Gasteiger partial charge in [0, 0.05) is 11.5 Å². The van der Waals surface area contributed by atoms with Crippen molar-refractivity contribution < 1.29 is 19.0 Å². The lowest BCUT2D eigenvalue weighted by molar-refractivity contribution is -0.763. The Kier molecular flexibility index (Phi) is 5.69. The van der Waals surface area contributed by atoms with E-state index in [1.54, 1.807) is 35.9 Å². The highest BCUT2D eigenvalue weighted by Gasteiger charge is 2.46. The maximum atomic E-state index is 13.2. The molecule has 31 heavy (non-hydrogen) atoms. The standard InChI is InChI=1S/C22H22N4O4S/c1-5-18(27)25-16-9-7-6-8-14(16)19-20(28)23-22(31-4)24-26(19)21(25)15-12-13(29-2)10-11-17(15)30-3/h6-12,21H,5H2,1-4H3/p+1/t21-/m0/s1. The van der Waals surface area contributed by atoms with Crippen molar-refractivity contribution in [2.45, 2.75) is 24.7 Å². The van der Waals surface area contributed by atoms with Crippen LogP contribution in [-0.4, -0.2) is 36.5 Å². The van der Waals surface area contributed by atoms with Gasteiger partial charge in [0.05, 0.1) is 31.0 Å². The van der Waals surface area contributed by atoms with Crippen molar-refractivity contribution in [1.29, 1.82) is 0 Å². The van der Waals surface area contributed by atoms with E-state index in [-0.39, 0.29) is 17.9 Å². The zero-order chi connectivity index (χ0) is 22.1. The van der Waals surface area contributed by atoms with Crippen molar-refractivity contribution in [2.24, 2.45) is 0 Å². The van der Waals surface area contributed by atoms with Crippen LogP contribution in [0.25, 0.3) is 11.3 Å². The monoisotopic (exact) mass is 439 g/mol. The van der Waals surface area contributed by atoms with Crippen molar-refractivity contribution in [2.75, 3.05) is 25.4 Å². The lowest BCUT2D eigenvalue weighted by Crippen LogP contribution is -2.60. The zero-order valence-corrected chi connectivity index (χ0v) is 18.5. The van der Waals surface area contributed by atoms with E-state index < -0.39 is 6.17 Å². The molecule has 2 aromatic carbocycles. The highest BCUT2D eigenvalue weighted by atomic mass is 32.2. The van der Waals surface area contributed by atoms with Crippen LogP contribution in [0.15, 0.2) is 52.4 Å². The Morgan fingerprint density at radius 2 is 2.00 bits per heavy atom. The number of fused-ring (bicyclic) bond motifs is 3. The Morgan fingerprint density at radius 3 is 2.68 bits per heavy atom. The molecule has 1 N–H and O–H groups in total. The lowest BCUT2D eigenvalue weighted by atomic mass is 10.0. The van der Waals surface area contributed by atoms with Gasteiger partial charge in [-0.3, -0.25) is 14.6 Å². The normalized spacial score (nSPS) is 14.6. The summed E-state index contributed by atoms with van der Waals surface area (Å²) in [4.78, 5) is 30.9. The number of carbonyl (C=O) groups excluding carboxylic acids is 1. The number of rotatable bonds is 5. The molecule has 160 valence electrons. The van der Waals surface area contributed by atoms with Gasteiger partial charge in [0.25, 0.3) is 6.17 Å². The van der Waals surface area contributed by atoms with Crippen LogP contribution < -0.4 is 24.6 Å². The van der Waals surface area contributed by atoms with Crippen LogP contribution in [0.1, 0.15) is 25.1 Å². The average Bonchev–Trinajstić information content (AvgIpc) is 2.81. The quantitative estimate of drug-likeness (QED) is 0.486. The van der Waals surface area contributed by atoms with Gasteiger partial charge < -0.3 is 9.47 Å². The number of nitrogens with one attached hydrogen (secondary N) is 1. The molecule has 2 heterocycles. The fourth-order valence-electron chi connectivity index (χ4n) is 3.83. The van der Waals surface area contributed by atoms with Crippen LogP contribution in [-0.2, 0) is 4.79 Å². The number of hydrogen-bond donors (Lipinski definition) is 1. The van der Waals surface area contributed by atoms with E-state index in [2.05, 4.69) is 10.1 Å². The number of hydrogen-bond acceptors (Lipinski definition) is 6. The van der Waals surface area contributed by atoms with E-state index in [1.165, 1.54) is 11.8 Å². The number of amides is 1. The predicted molar refractivity (Wildman–Crippen MR) is 118 cm³/mol. The van der Waals surface area contributed by atoms with Gasteiger partial charge in [-0.2, -0.15) is 0 Å². The Bertz CT molecular complexity index is 1210. The minimum absolute atomic E-state index is 0.103. The molecule has 1 aliphatic heterocycles. The maximum Gasteiger partial charge on any atom is 0.325 e. The molecule has 3 aromatic rings. The molecule has 0 radical (unpaired) electrons. The molecule has 0 fully saturated rings. The number of carbonyl (C=O) groups is 1. The number of para-hydroxylation sites is 1. The molecule has 1 atom stereocenters. The summed E-state index contributed by atoms with van der Waals surface area (Å²) >= 11 is 1.32. The number of methoxy groups -OCH3 is 2. The van der Waals surface area contributed by atoms with Gasteiger partial charge >= 0.3 is 11.3 Å². The van der Waals surface area contributed by atoms with E-state index in [9.17, 15) is 9.59 Å². The summed E-state index contributed by atoms with van der Waals surface area (Å²) in [5.41, 5.74) is 2.05. The Labute approximate surface area is 183 Å². The molecule has 0 bridgehead atoms. The topological polar surface area (TPSA) is 88.4 Å². The second-order valence-electron chi connectivity index (χ2n) is 6.87. The van der Waals surface area contributed by atoms with Gasteiger partial charge in [0.2, 0.25) is 11.1 Å². The molecule has 0 aliphatic carbocycles. The first kappa shape index (κ1) is 20.9. The maximum absolute atomic E-state index is 13.2. The van der Waals surface area contributed by atoms with E-state index in [1.807, 2.05) is 43.5 Å². The number of H-pyrrole nitrogens is 1. The predicted octanol–water partition coefficient (Wildman–Crippen LogP) is 2.77. The Morgan fingerprint density at radius 1 is 1.23 bits per heavy atom. The molecular formula is C22H23N4O4S+. The first-order valence-corrected chi connectivity index (χ1v) is 11.0. The van der Waals surface area contributed by atoms with Gasteiger partial charge in [0.15, 0.2) is 0 Å². The van der Waals surface area contributed by atoms with Crippen molar-refractivity contribution >= 4 is 23.4 Å². The number of thioether (sulfide) groups is 1. The molecule has 1 aromatic heterocycles. The van der Waals surface area contributed by atoms with E-state index in [0.29, 0.717) is 39.2 Å². The summed E-state index contributed by atoms with van der Waals surface area (Å²) in [5.74, 6) is 1.06. The zero-order valence-electron chi connectivity index (χ0n) is 17.7. The molecule has 4 rings (SSSR count). The van der Waals surface area contributed by atoms with E-state index in [0.717, 1.165) is 0 Å². The number of ether oxygens (including phenoxy) is 2. The molecule has 1 aliphatic rings. The van der Waals surface area contributed by atoms with Crippen molar-refractivity contribution in [1.82, 2.24) is 10.1 Å². The van der Waals surface area contributed by atoms with E-state index >= 15 is 0 Å². The Hall–Kier alpha value is -3.33. The van der Waals surface area contributed by atoms with Crippen molar-refractivity contribution in [3.05, 3.63) is 58.4 Å². The molecule has 0 unspecified atom stereocenters. The number of anilines is 1. The average molecular weight is 440 g/mol. The molecule has 8 nitrogen and oxygen atoms in total. The lowest BCUT2D eigenvalue weighted by Gasteiger charge is -2.32. The Balaban J connectivity index is 2.12. The molecule has 0 saturated carbocycles. The molecule has 1 amide bonds. The van der Waals surface area contributed by atoms with Crippen LogP contribution in [0.4, 0.5) is 5.69 Å². The van der Waals surface area contributed by atoms with Crippen molar-refractivity contribution in [3.8, 4) is 22.8 Å². The molecule has 0 saturated heterocycles. The number of aromatic amines is 1. The summed E-state index contributed by atoms with van der Waals surface area (Å²) in [5, 5.41) is 5.13. The van der Waals surface area contributed by atoms with Crippen LogP contribution in [0.2, 0.25) is 0 Å². The number of nitrogens with zero attached hydrogens (tertiary/aromatic N) is 3. The van der Waals surface area contributed by atoms with Gasteiger partial charge in [-0.1, -0.05) is 30.8 Å². The highest BCUT2D eigenvalue weighted by molar-refractivity contribution is 7.98. The summed E-state index contributed by atoms with van der Waals surface area (Å²) < 4.78 is 12.7. The fourth-order valence-corrected chi connectivity index (χ4v) is 4.19. The first-order valence-electron chi connectivity index (χ1n) is 9.77. The van der Waals surface area contributed by atoms with Crippen LogP contribution in [0, 0.1) is 0 Å². The van der Waals surface area contributed by atoms with Gasteiger partial charge in [0.1, 0.15) is 11.5 Å². The van der Waals surface area contributed by atoms with Gasteiger partial charge in [-0.25, -0.2) is 4.90 Å². The molecular weight excluding hydrogens is 416 g/mol. The van der Waals surface area contributed by atoms with Crippen LogP contribution in [0.5, 0.6) is 11.5 Å². The number of aromatic nitrogens is 3. The van der Waals surface area contributed by atoms with Gasteiger partial charge in [-0.05, 0) is 41.3 Å². The summed E-state index contributed by atoms with van der Waals surface area (Å²) in [6, 6.07) is 12.7. The summed E-state index contributed by atoms with van der Waals surface area (Å²) in [6.07, 6.45) is 1.39. The SMILES string of the molecule is CCC(=O)N1c2ccccc2-c2c(=O)[nH]c(SC)n[n+]2[C@H]1c1cc(OC)ccc1OC. The van der Waals surface area contributed by atoms with Crippen molar-refractivity contribution in [3.63, 3.8) is 0 Å². The van der Waals surface area contributed by atoms with Gasteiger partial charge in [-0.15, -0.1) is 0 Å². The minimum atomic E-state index is -0.726. The second-order valence-corrected chi connectivity index (χ2v) is 7.67. The molecule has 9 heteroatoms. The third-order valence-corrected chi connectivity index (χ3v) is 5.81. The summed E-state index contributed by atoms with van der Waals surface area (Å²) in [7, 11) is 3.14. The highest BCUT2D eigenvalue weighted by Crippen LogP contribution is 2.40. The second kappa shape index (κ2) is 8.43. The van der Waals surface area contributed by atoms with Crippen LogP contribution in [0.3, 0.4) is 0 Å². The summed E-state index contributed by atoms with van der Waals surface area (Å²) in [6.45, 7) is 1.81. The minimum Gasteiger partial charge on any atom is -0.497 e. The third-order valence-electron chi connectivity index (χ3n) is 5.24. The molecule has 0 spiro atoms. The van der Waals surface area contributed by atoms with Crippen LogP contribution >= 0.6 is 11.8 Å².